The highest BCUT2D eigenvalue weighted by Crippen LogP contribution is 2.10. The smallest absolute Gasteiger partial charge is 0.330 e. The zero-order valence-corrected chi connectivity index (χ0v) is 12.0. The summed E-state index contributed by atoms with van der Waals surface area (Å²) in [6.45, 7) is 7.72. The molecule has 0 fully saturated rings. The molecule has 0 bridgehead atoms. The molecule has 0 radical (unpaired) electrons. The molecule has 0 unspecified atom stereocenters. The second kappa shape index (κ2) is 7.16. The molecule has 0 aliphatic rings. The minimum Gasteiger partial charge on any atom is -0.466 e. The summed E-state index contributed by atoms with van der Waals surface area (Å²) in [4.78, 5) is 24.4. The molecule has 0 saturated heterocycles. The number of methoxy groups -OCH3 is 1. The lowest BCUT2D eigenvalue weighted by Crippen LogP contribution is -2.40. The van der Waals surface area contributed by atoms with Gasteiger partial charge in [-0.3, -0.25) is 9.69 Å². The summed E-state index contributed by atoms with van der Waals surface area (Å²) in [5.74, 6) is -0.690. The number of carbonyl (C=O) groups is 2. The van der Waals surface area contributed by atoms with Crippen LogP contribution in [0, 0.1) is 0 Å². The van der Waals surface area contributed by atoms with Gasteiger partial charge in [0, 0.05) is 12.6 Å². The third-order valence-electron chi connectivity index (χ3n) is 2.26. The van der Waals surface area contributed by atoms with Crippen molar-refractivity contribution in [1.82, 2.24) is 4.90 Å². The van der Waals surface area contributed by atoms with Gasteiger partial charge in [-0.05, 0) is 34.7 Å². The number of hydrogen-bond acceptors (Lipinski definition) is 5. The van der Waals surface area contributed by atoms with Crippen LogP contribution < -0.4 is 0 Å². The number of rotatable bonds is 5. The Bertz CT molecular complexity index is 317. The lowest BCUT2D eigenvalue weighted by atomic mass is 10.2. The van der Waals surface area contributed by atoms with Crippen molar-refractivity contribution in [2.24, 2.45) is 0 Å². The van der Waals surface area contributed by atoms with Gasteiger partial charge in [-0.2, -0.15) is 0 Å². The Morgan fingerprint density at radius 1 is 1.33 bits per heavy atom. The SMILES string of the molecule is COC(=O)/C=C/CN(C)[C@@H](C)C(=O)OC(C)(C)C. The summed E-state index contributed by atoms with van der Waals surface area (Å²) in [6, 6.07) is -0.369. The minimum absolute atomic E-state index is 0.281. The van der Waals surface area contributed by atoms with Crippen molar-refractivity contribution >= 4 is 11.9 Å². The lowest BCUT2D eigenvalue weighted by Gasteiger charge is -2.26. The van der Waals surface area contributed by atoms with Gasteiger partial charge in [-0.15, -0.1) is 0 Å². The van der Waals surface area contributed by atoms with E-state index in [0.717, 1.165) is 0 Å². The second-order valence-corrected chi connectivity index (χ2v) is 5.07. The maximum Gasteiger partial charge on any atom is 0.330 e. The van der Waals surface area contributed by atoms with Gasteiger partial charge >= 0.3 is 11.9 Å². The summed E-state index contributed by atoms with van der Waals surface area (Å²) >= 11 is 0. The van der Waals surface area contributed by atoms with Gasteiger partial charge in [0.15, 0.2) is 0 Å². The van der Waals surface area contributed by atoms with Crippen LogP contribution in [0.4, 0.5) is 0 Å². The zero-order valence-electron chi connectivity index (χ0n) is 12.0. The Morgan fingerprint density at radius 2 is 1.89 bits per heavy atom. The first-order chi connectivity index (χ1) is 8.17. The molecule has 0 rings (SSSR count). The first-order valence-electron chi connectivity index (χ1n) is 5.85. The Morgan fingerprint density at radius 3 is 2.33 bits per heavy atom. The fourth-order valence-corrected chi connectivity index (χ4v) is 1.11. The highest BCUT2D eigenvalue weighted by Gasteiger charge is 2.23. The van der Waals surface area contributed by atoms with Crippen LogP contribution in [0.5, 0.6) is 0 Å². The molecule has 0 aliphatic heterocycles. The van der Waals surface area contributed by atoms with Crippen molar-refractivity contribution in [1.29, 1.82) is 0 Å². The topological polar surface area (TPSA) is 55.8 Å². The molecule has 0 amide bonds. The third-order valence-corrected chi connectivity index (χ3v) is 2.26. The number of carbonyl (C=O) groups excluding carboxylic acids is 2. The van der Waals surface area contributed by atoms with E-state index >= 15 is 0 Å². The Hall–Kier alpha value is -1.36. The summed E-state index contributed by atoms with van der Waals surface area (Å²) in [6.07, 6.45) is 2.98. The molecule has 5 nitrogen and oxygen atoms in total. The normalized spacial score (nSPS) is 13.7. The van der Waals surface area contributed by atoms with Crippen molar-refractivity contribution in [2.75, 3.05) is 20.7 Å². The number of nitrogens with zero attached hydrogens (tertiary/aromatic N) is 1. The molecule has 0 aliphatic carbocycles. The molecule has 1 atom stereocenters. The summed E-state index contributed by atoms with van der Waals surface area (Å²) in [5.41, 5.74) is -0.492. The van der Waals surface area contributed by atoms with E-state index in [0.29, 0.717) is 6.54 Å². The number of hydrogen-bond donors (Lipinski definition) is 0. The fraction of sp³-hybridized carbons (Fsp3) is 0.692. The highest BCUT2D eigenvalue weighted by molar-refractivity contribution is 5.81. The molecule has 0 heterocycles. The summed E-state index contributed by atoms with van der Waals surface area (Å²) in [7, 11) is 3.11. The maximum absolute atomic E-state index is 11.8. The molecule has 104 valence electrons. The van der Waals surface area contributed by atoms with E-state index in [9.17, 15) is 9.59 Å². The van der Waals surface area contributed by atoms with Gasteiger partial charge in [0.1, 0.15) is 11.6 Å². The predicted molar refractivity (Wildman–Crippen MR) is 69.1 cm³/mol. The number of ether oxygens (including phenoxy) is 2. The van der Waals surface area contributed by atoms with Gasteiger partial charge in [0.2, 0.25) is 0 Å². The van der Waals surface area contributed by atoms with Crippen LogP contribution in [0.15, 0.2) is 12.2 Å². The monoisotopic (exact) mass is 257 g/mol. The minimum atomic E-state index is -0.492. The Kier molecular flexibility index (Phi) is 6.62. The maximum atomic E-state index is 11.8. The molecule has 18 heavy (non-hydrogen) atoms. The van der Waals surface area contributed by atoms with Crippen LogP contribution in [0.1, 0.15) is 27.7 Å². The van der Waals surface area contributed by atoms with Crippen molar-refractivity contribution in [3.8, 4) is 0 Å². The standard InChI is InChI=1S/C13H23NO4/c1-10(12(16)18-13(2,3)4)14(5)9-7-8-11(15)17-6/h7-8,10H,9H2,1-6H3/b8-7+/t10-/m0/s1. The number of esters is 2. The average molecular weight is 257 g/mol. The van der Waals surface area contributed by atoms with Crippen molar-refractivity contribution in [3.05, 3.63) is 12.2 Å². The molecule has 0 aromatic rings. The average Bonchev–Trinajstić information content (AvgIpc) is 2.25. The van der Waals surface area contributed by atoms with Crippen LogP contribution in [0.25, 0.3) is 0 Å². The van der Waals surface area contributed by atoms with Crippen LogP contribution in [0.2, 0.25) is 0 Å². The van der Waals surface area contributed by atoms with Gasteiger partial charge in [-0.25, -0.2) is 4.79 Å². The molecular formula is C13H23NO4. The van der Waals surface area contributed by atoms with Crippen molar-refractivity contribution < 1.29 is 19.1 Å². The molecular weight excluding hydrogens is 234 g/mol. The van der Waals surface area contributed by atoms with Crippen LogP contribution in [0.3, 0.4) is 0 Å². The Balaban J connectivity index is 4.26. The van der Waals surface area contributed by atoms with Gasteiger partial charge in [-0.1, -0.05) is 6.08 Å². The van der Waals surface area contributed by atoms with Gasteiger partial charge < -0.3 is 9.47 Å². The van der Waals surface area contributed by atoms with Crippen LogP contribution >= 0.6 is 0 Å². The summed E-state index contributed by atoms with van der Waals surface area (Å²) in [5, 5.41) is 0. The van der Waals surface area contributed by atoms with Gasteiger partial charge in [0.05, 0.1) is 7.11 Å². The summed E-state index contributed by atoms with van der Waals surface area (Å²) < 4.78 is 9.74. The van der Waals surface area contributed by atoms with E-state index in [1.165, 1.54) is 13.2 Å². The van der Waals surface area contributed by atoms with E-state index in [1.54, 1.807) is 24.9 Å². The predicted octanol–water partition coefficient (Wildman–Crippen LogP) is 1.38. The molecule has 0 aromatic heterocycles. The number of likely N-dealkylation sites (N-methyl/N-ethyl adjacent to an activating group) is 1. The molecule has 0 N–H and O–H groups in total. The highest BCUT2D eigenvalue weighted by atomic mass is 16.6. The Labute approximate surface area is 109 Å². The second-order valence-electron chi connectivity index (χ2n) is 5.07. The van der Waals surface area contributed by atoms with E-state index < -0.39 is 11.6 Å². The molecule has 0 aromatic carbocycles. The first-order valence-corrected chi connectivity index (χ1v) is 5.85. The molecule has 0 saturated carbocycles. The van der Waals surface area contributed by atoms with Crippen LogP contribution in [-0.2, 0) is 19.1 Å². The van der Waals surface area contributed by atoms with E-state index in [-0.39, 0.29) is 12.0 Å². The first kappa shape index (κ1) is 16.6. The van der Waals surface area contributed by atoms with E-state index in [1.807, 2.05) is 20.8 Å². The van der Waals surface area contributed by atoms with Crippen LogP contribution in [-0.4, -0.2) is 49.2 Å². The van der Waals surface area contributed by atoms with E-state index in [4.69, 9.17) is 4.74 Å². The lowest BCUT2D eigenvalue weighted by molar-refractivity contribution is -0.160. The quantitative estimate of drug-likeness (QED) is 0.550. The van der Waals surface area contributed by atoms with E-state index in [2.05, 4.69) is 4.74 Å². The fourth-order valence-electron chi connectivity index (χ4n) is 1.11. The molecule has 0 spiro atoms. The molecule has 5 heteroatoms. The third kappa shape index (κ3) is 7.06. The van der Waals surface area contributed by atoms with Crippen molar-refractivity contribution in [2.45, 2.75) is 39.3 Å². The van der Waals surface area contributed by atoms with Gasteiger partial charge in [0.25, 0.3) is 0 Å². The zero-order chi connectivity index (χ0) is 14.3. The van der Waals surface area contributed by atoms with Crippen molar-refractivity contribution in [3.63, 3.8) is 0 Å². The largest absolute Gasteiger partial charge is 0.466 e.